The number of likely N-dealkylation sites (tertiary alicyclic amines) is 1. The van der Waals surface area contributed by atoms with Gasteiger partial charge in [-0.15, -0.1) is 0 Å². The average molecular weight is 358 g/mol. The highest BCUT2D eigenvalue weighted by molar-refractivity contribution is 6.31. The molecule has 0 saturated carbocycles. The number of benzene rings is 1. The molecule has 1 aliphatic rings. The second-order valence-electron chi connectivity index (χ2n) is 5.47. The number of carboxylic acid groups (broad SMARTS) is 1. The van der Waals surface area contributed by atoms with Crippen LogP contribution in [-0.2, 0) is 4.79 Å². The Morgan fingerprint density at radius 1 is 1.22 bits per heavy atom. The number of hydrogen-bond acceptors (Lipinski definition) is 2. The van der Waals surface area contributed by atoms with Crippen molar-refractivity contribution < 1.29 is 31.9 Å². The molecule has 0 aromatic heterocycles. The minimum atomic E-state index is -5.67. The van der Waals surface area contributed by atoms with Gasteiger partial charge in [0, 0.05) is 24.0 Å². The molecule has 1 saturated heterocycles. The molecule has 0 radical (unpaired) electrons. The van der Waals surface area contributed by atoms with E-state index in [1.807, 2.05) is 0 Å². The van der Waals surface area contributed by atoms with Crippen LogP contribution in [0.5, 0.6) is 0 Å². The van der Waals surface area contributed by atoms with E-state index in [1.54, 1.807) is 18.2 Å². The summed E-state index contributed by atoms with van der Waals surface area (Å²) in [5, 5.41) is 9.49. The van der Waals surface area contributed by atoms with Gasteiger partial charge >= 0.3 is 18.1 Å². The van der Waals surface area contributed by atoms with Gasteiger partial charge in [0.05, 0.1) is 12.5 Å². The van der Waals surface area contributed by atoms with Gasteiger partial charge in [0.25, 0.3) is 0 Å². The number of halogens is 6. The zero-order chi connectivity index (χ0) is 17.4. The molecular weight excluding hydrogens is 345 g/mol. The lowest BCUT2D eigenvalue weighted by atomic mass is 9.89. The molecule has 1 aromatic rings. The quantitative estimate of drug-likeness (QED) is 0.836. The van der Waals surface area contributed by atoms with Crippen molar-refractivity contribution in [3.8, 4) is 0 Å². The molecule has 9 heteroatoms. The van der Waals surface area contributed by atoms with Crippen molar-refractivity contribution in [2.45, 2.75) is 18.0 Å². The maximum Gasteiger partial charge on any atom is 0.454 e. The normalized spacial score (nSPS) is 23.2. The van der Waals surface area contributed by atoms with Gasteiger partial charge in [0.2, 0.25) is 0 Å². The van der Waals surface area contributed by atoms with E-state index in [-0.39, 0.29) is 11.6 Å². The van der Waals surface area contributed by atoms with E-state index in [0.29, 0.717) is 5.56 Å². The molecule has 0 amide bonds. The molecule has 0 aliphatic carbocycles. The van der Waals surface area contributed by atoms with Crippen LogP contribution in [0.15, 0.2) is 24.3 Å². The molecule has 0 spiro atoms. The minimum Gasteiger partial charge on any atom is -0.481 e. The smallest absolute Gasteiger partial charge is 0.454 e. The molecular formula is C14H13ClF5NO2. The number of hydrogen-bond donors (Lipinski definition) is 1. The SMILES string of the molecule is O=C(O)[C@H]1CN(CC(F)(F)C(F)(F)F)C[C@H]1c1ccccc1Cl. The second-order valence-corrected chi connectivity index (χ2v) is 5.88. The lowest BCUT2D eigenvalue weighted by Gasteiger charge is -2.25. The van der Waals surface area contributed by atoms with Crippen LogP contribution in [0, 0.1) is 5.92 Å². The standard InChI is InChI=1S/C14H13ClF5NO2/c15-11-4-2-1-3-8(11)9-5-21(6-10(9)12(22)23)7-13(16,17)14(18,19)20/h1-4,9-10H,5-7H2,(H,22,23)/t9-,10-/m0/s1. The van der Waals surface area contributed by atoms with Crippen LogP contribution in [0.3, 0.4) is 0 Å². The first-order valence-corrected chi connectivity index (χ1v) is 7.05. The van der Waals surface area contributed by atoms with Crippen molar-refractivity contribution in [2.24, 2.45) is 5.92 Å². The van der Waals surface area contributed by atoms with Crippen LogP contribution in [-0.4, -0.2) is 47.7 Å². The monoisotopic (exact) mass is 357 g/mol. The summed E-state index contributed by atoms with van der Waals surface area (Å²) in [6, 6.07) is 6.29. The molecule has 1 aromatic carbocycles. The van der Waals surface area contributed by atoms with Crippen LogP contribution >= 0.6 is 11.6 Å². The fourth-order valence-electron chi connectivity index (χ4n) is 2.73. The largest absolute Gasteiger partial charge is 0.481 e. The van der Waals surface area contributed by atoms with E-state index in [0.717, 1.165) is 4.90 Å². The zero-order valence-electron chi connectivity index (χ0n) is 11.7. The number of aliphatic carboxylic acids is 1. The summed E-state index contributed by atoms with van der Waals surface area (Å²) in [5.74, 6) is -8.00. The van der Waals surface area contributed by atoms with Gasteiger partial charge in [-0.2, -0.15) is 22.0 Å². The summed E-state index contributed by atoms with van der Waals surface area (Å²) in [6.45, 7) is -2.19. The Bertz CT molecular complexity index is 593. The summed E-state index contributed by atoms with van der Waals surface area (Å²) in [7, 11) is 0. The van der Waals surface area contributed by atoms with Crippen molar-refractivity contribution in [2.75, 3.05) is 19.6 Å². The van der Waals surface area contributed by atoms with Crippen molar-refractivity contribution in [3.05, 3.63) is 34.9 Å². The lowest BCUT2D eigenvalue weighted by molar-refractivity contribution is -0.286. The molecule has 3 nitrogen and oxygen atoms in total. The van der Waals surface area contributed by atoms with E-state index in [1.165, 1.54) is 6.07 Å². The maximum absolute atomic E-state index is 13.2. The van der Waals surface area contributed by atoms with E-state index >= 15 is 0 Å². The molecule has 2 rings (SSSR count). The van der Waals surface area contributed by atoms with Crippen molar-refractivity contribution in [1.29, 1.82) is 0 Å². The minimum absolute atomic E-state index is 0.230. The molecule has 1 fully saturated rings. The van der Waals surface area contributed by atoms with Gasteiger partial charge in [-0.1, -0.05) is 29.8 Å². The predicted octanol–water partition coefficient (Wildman–Crippen LogP) is 3.64. The number of nitrogens with zero attached hydrogens (tertiary/aromatic N) is 1. The highest BCUT2D eigenvalue weighted by Gasteiger charge is 2.59. The number of alkyl halides is 5. The van der Waals surface area contributed by atoms with Crippen molar-refractivity contribution in [1.82, 2.24) is 4.90 Å². The molecule has 1 aliphatic heterocycles. The van der Waals surface area contributed by atoms with Gasteiger partial charge in [0.1, 0.15) is 0 Å². The van der Waals surface area contributed by atoms with Crippen LogP contribution in [0.4, 0.5) is 22.0 Å². The van der Waals surface area contributed by atoms with E-state index in [4.69, 9.17) is 11.6 Å². The van der Waals surface area contributed by atoms with E-state index in [2.05, 4.69) is 0 Å². The Labute approximate surface area is 133 Å². The van der Waals surface area contributed by atoms with Crippen molar-refractivity contribution >= 4 is 17.6 Å². The fourth-order valence-corrected chi connectivity index (χ4v) is 3.00. The van der Waals surface area contributed by atoms with Crippen LogP contribution < -0.4 is 0 Å². The highest BCUT2D eigenvalue weighted by atomic mass is 35.5. The number of carboxylic acids is 1. The third kappa shape index (κ3) is 3.74. The summed E-state index contributed by atoms with van der Waals surface area (Å²) >= 11 is 5.99. The maximum atomic E-state index is 13.2. The molecule has 1 heterocycles. The average Bonchev–Trinajstić information content (AvgIpc) is 2.81. The molecule has 2 atom stereocenters. The summed E-state index contributed by atoms with van der Waals surface area (Å²) < 4.78 is 63.3. The predicted molar refractivity (Wildman–Crippen MR) is 72.8 cm³/mol. The van der Waals surface area contributed by atoms with E-state index < -0.39 is 43.0 Å². The summed E-state index contributed by atoms with van der Waals surface area (Å²) in [4.78, 5) is 12.1. The van der Waals surface area contributed by atoms with Crippen LogP contribution in [0.1, 0.15) is 11.5 Å². The summed E-state index contributed by atoms with van der Waals surface area (Å²) in [5.41, 5.74) is 0.430. The Hall–Kier alpha value is -1.41. The van der Waals surface area contributed by atoms with E-state index in [9.17, 15) is 31.9 Å². The Morgan fingerprint density at radius 3 is 2.35 bits per heavy atom. The van der Waals surface area contributed by atoms with Gasteiger partial charge in [-0.25, -0.2) is 0 Å². The topological polar surface area (TPSA) is 40.5 Å². The first-order chi connectivity index (χ1) is 10.5. The fraction of sp³-hybridized carbons (Fsp3) is 0.500. The molecule has 0 unspecified atom stereocenters. The molecule has 23 heavy (non-hydrogen) atoms. The molecule has 0 bridgehead atoms. The third-order valence-electron chi connectivity index (χ3n) is 3.85. The van der Waals surface area contributed by atoms with Gasteiger partial charge in [-0.3, -0.25) is 9.69 Å². The first kappa shape index (κ1) is 17.9. The zero-order valence-corrected chi connectivity index (χ0v) is 12.4. The number of carbonyl (C=O) groups is 1. The van der Waals surface area contributed by atoms with Gasteiger partial charge in [0.15, 0.2) is 0 Å². The van der Waals surface area contributed by atoms with Crippen molar-refractivity contribution in [3.63, 3.8) is 0 Å². The summed E-state index contributed by atoms with van der Waals surface area (Å²) in [6.07, 6.45) is -5.67. The Balaban J connectivity index is 2.23. The lowest BCUT2D eigenvalue weighted by Crippen LogP contribution is -2.46. The Morgan fingerprint density at radius 2 is 1.83 bits per heavy atom. The Kier molecular flexibility index (Phi) is 4.86. The molecule has 1 N–H and O–H groups in total. The first-order valence-electron chi connectivity index (χ1n) is 6.67. The van der Waals surface area contributed by atoms with Crippen LogP contribution in [0.25, 0.3) is 0 Å². The number of rotatable bonds is 4. The highest BCUT2D eigenvalue weighted by Crippen LogP contribution is 2.40. The third-order valence-corrected chi connectivity index (χ3v) is 4.20. The van der Waals surface area contributed by atoms with Gasteiger partial charge in [-0.05, 0) is 11.6 Å². The van der Waals surface area contributed by atoms with Gasteiger partial charge < -0.3 is 5.11 Å². The molecule has 128 valence electrons. The van der Waals surface area contributed by atoms with Crippen LogP contribution in [0.2, 0.25) is 5.02 Å². The second kappa shape index (κ2) is 6.24.